The second-order valence-electron chi connectivity index (χ2n) is 6.04. The van der Waals surface area contributed by atoms with Crippen LogP contribution in [0.2, 0.25) is 0 Å². The van der Waals surface area contributed by atoms with Crippen LogP contribution in [0.25, 0.3) is 11.1 Å². The number of carbonyl (C=O) groups excluding carboxylic acids is 1. The van der Waals surface area contributed by atoms with Crippen LogP contribution >= 0.6 is 0 Å². The zero-order chi connectivity index (χ0) is 17.2. The van der Waals surface area contributed by atoms with Crippen LogP contribution < -0.4 is 0 Å². The lowest BCUT2D eigenvalue weighted by Gasteiger charge is -2.21. The molecule has 1 N–H and O–H groups in total. The summed E-state index contributed by atoms with van der Waals surface area (Å²) in [4.78, 5) is 23.7. The number of esters is 1. The van der Waals surface area contributed by atoms with E-state index in [1.54, 1.807) is 39.0 Å². The lowest BCUT2D eigenvalue weighted by atomic mass is 9.95. The fourth-order valence-electron chi connectivity index (χ4n) is 2.15. The molecule has 0 aliphatic rings. The summed E-state index contributed by atoms with van der Waals surface area (Å²) in [6.07, 6.45) is 0. The van der Waals surface area contributed by atoms with Crippen molar-refractivity contribution in [3.8, 4) is 11.1 Å². The molecule has 4 nitrogen and oxygen atoms in total. The number of carbonyl (C=O) groups is 2. The Morgan fingerprint density at radius 2 is 1.65 bits per heavy atom. The van der Waals surface area contributed by atoms with Crippen LogP contribution in [0, 0.1) is 5.82 Å². The smallest absolute Gasteiger partial charge is 0.339 e. The first-order chi connectivity index (χ1) is 10.7. The third-order valence-corrected chi connectivity index (χ3v) is 3.05. The van der Waals surface area contributed by atoms with Gasteiger partial charge in [-0.15, -0.1) is 0 Å². The highest BCUT2D eigenvalue weighted by Crippen LogP contribution is 2.29. The molecule has 0 saturated heterocycles. The molecule has 0 unspecified atom stereocenters. The van der Waals surface area contributed by atoms with Crippen molar-refractivity contribution in [2.45, 2.75) is 26.4 Å². The van der Waals surface area contributed by atoms with E-state index in [4.69, 9.17) is 4.74 Å². The van der Waals surface area contributed by atoms with E-state index in [-0.39, 0.29) is 16.7 Å². The molecule has 0 saturated carbocycles. The number of aromatic carboxylic acids is 1. The maximum absolute atomic E-state index is 13.6. The number of carboxylic acid groups (broad SMARTS) is 1. The first-order valence-electron chi connectivity index (χ1n) is 7.04. The average molecular weight is 316 g/mol. The van der Waals surface area contributed by atoms with E-state index in [1.165, 1.54) is 12.1 Å². The number of carboxylic acids is 1. The van der Waals surface area contributed by atoms with Gasteiger partial charge in [0.1, 0.15) is 11.4 Å². The SMILES string of the molecule is CC(C)(C)OC(=O)c1ccccc1-c1cc(F)ccc1C(=O)O. The molecule has 0 radical (unpaired) electrons. The summed E-state index contributed by atoms with van der Waals surface area (Å²) < 4.78 is 18.9. The standard InChI is InChI=1S/C18H17FO4/c1-18(2,3)23-17(22)14-7-5-4-6-12(14)15-10-11(19)8-9-13(15)16(20)21/h4-10H,1-3H3,(H,20,21). The van der Waals surface area contributed by atoms with Crippen molar-refractivity contribution in [2.75, 3.05) is 0 Å². The Kier molecular flexibility index (Phi) is 4.50. The van der Waals surface area contributed by atoms with Crippen molar-refractivity contribution in [2.24, 2.45) is 0 Å². The third kappa shape index (κ3) is 3.94. The molecule has 0 bridgehead atoms. The topological polar surface area (TPSA) is 63.6 Å². The maximum Gasteiger partial charge on any atom is 0.339 e. The zero-order valence-electron chi connectivity index (χ0n) is 13.1. The molecule has 0 aliphatic heterocycles. The normalized spacial score (nSPS) is 11.1. The summed E-state index contributed by atoms with van der Waals surface area (Å²) >= 11 is 0. The number of benzene rings is 2. The number of halogens is 1. The first kappa shape index (κ1) is 16.7. The molecule has 0 aliphatic carbocycles. The van der Waals surface area contributed by atoms with Gasteiger partial charge in [-0.05, 0) is 56.2 Å². The van der Waals surface area contributed by atoms with Crippen LogP contribution in [0.4, 0.5) is 4.39 Å². The van der Waals surface area contributed by atoms with Gasteiger partial charge in [0.25, 0.3) is 0 Å². The quantitative estimate of drug-likeness (QED) is 0.864. The summed E-state index contributed by atoms with van der Waals surface area (Å²) in [6.45, 7) is 5.20. The van der Waals surface area contributed by atoms with Gasteiger partial charge in [-0.1, -0.05) is 18.2 Å². The van der Waals surface area contributed by atoms with Crippen LogP contribution in [0.1, 0.15) is 41.5 Å². The van der Waals surface area contributed by atoms with E-state index in [9.17, 15) is 19.1 Å². The van der Waals surface area contributed by atoms with Gasteiger partial charge in [-0.2, -0.15) is 0 Å². The van der Waals surface area contributed by atoms with Crippen molar-refractivity contribution in [1.29, 1.82) is 0 Å². The van der Waals surface area contributed by atoms with Crippen molar-refractivity contribution in [1.82, 2.24) is 0 Å². The Hall–Kier alpha value is -2.69. The number of hydrogen-bond donors (Lipinski definition) is 1. The predicted molar refractivity (Wildman–Crippen MR) is 84.0 cm³/mol. The van der Waals surface area contributed by atoms with Crippen molar-refractivity contribution >= 4 is 11.9 Å². The molecule has 0 aromatic heterocycles. The molecule has 0 heterocycles. The largest absolute Gasteiger partial charge is 0.478 e. The molecule has 5 heteroatoms. The van der Waals surface area contributed by atoms with E-state index in [1.807, 2.05) is 0 Å². The molecule has 23 heavy (non-hydrogen) atoms. The van der Waals surface area contributed by atoms with Crippen molar-refractivity contribution < 1.29 is 23.8 Å². The van der Waals surface area contributed by atoms with Gasteiger partial charge in [0.05, 0.1) is 11.1 Å². The Balaban J connectivity index is 2.60. The van der Waals surface area contributed by atoms with Gasteiger partial charge in [0, 0.05) is 0 Å². The lowest BCUT2D eigenvalue weighted by Crippen LogP contribution is -2.24. The molecular weight excluding hydrogens is 299 g/mol. The lowest BCUT2D eigenvalue weighted by molar-refractivity contribution is 0.00701. The van der Waals surface area contributed by atoms with Crippen LogP contribution in [0.3, 0.4) is 0 Å². The van der Waals surface area contributed by atoms with Crippen LogP contribution in [0.15, 0.2) is 42.5 Å². The second kappa shape index (κ2) is 6.20. The highest BCUT2D eigenvalue weighted by molar-refractivity contribution is 6.02. The third-order valence-electron chi connectivity index (χ3n) is 3.05. The molecule has 0 spiro atoms. The molecular formula is C18H17FO4. The summed E-state index contributed by atoms with van der Waals surface area (Å²) in [6, 6.07) is 9.75. The zero-order valence-corrected chi connectivity index (χ0v) is 13.1. The van der Waals surface area contributed by atoms with Gasteiger partial charge < -0.3 is 9.84 Å². The van der Waals surface area contributed by atoms with Crippen molar-refractivity contribution in [3.05, 3.63) is 59.4 Å². The summed E-state index contributed by atoms with van der Waals surface area (Å²) in [5.41, 5.74) is -0.127. The van der Waals surface area contributed by atoms with Crippen LogP contribution in [-0.2, 0) is 4.74 Å². The van der Waals surface area contributed by atoms with E-state index >= 15 is 0 Å². The number of ether oxygens (including phenoxy) is 1. The summed E-state index contributed by atoms with van der Waals surface area (Å²) in [5.74, 6) is -2.36. The Labute approximate surface area is 133 Å². The Morgan fingerprint density at radius 1 is 1.00 bits per heavy atom. The predicted octanol–water partition coefficient (Wildman–Crippen LogP) is 4.15. The molecule has 2 rings (SSSR count). The molecule has 2 aromatic carbocycles. The van der Waals surface area contributed by atoms with Gasteiger partial charge >= 0.3 is 11.9 Å². The van der Waals surface area contributed by atoms with E-state index in [0.717, 1.165) is 12.1 Å². The van der Waals surface area contributed by atoms with Crippen LogP contribution in [0.5, 0.6) is 0 Å². The summed E-state index contributed by atoms with van der Waals surface area (Å²) in [7, 11) is 0. The molecule has 120 valence electrons. The minimum absolute atomic E-state index is 0.0811. The molecule has 0 fully saturated rings. The highest BCUT2D eigenvalue weighted by Gasteiger charge is 2.23. The van der Waals surface area contributed by atoms with E-state index in [2.05, 4.69) is 0 Å². The van der Waals surface area contributed by atoms with E-state index < -0.39 is 23.4 Å². The van der Waals surface area contributed by atoms with Gasteiger partial charge in [-0.25, -0.2) is 14.0 Å². The summed E-state index contributed by atoms with van der Waals surface area (Å²) in [5, 5.41) is 9.30. The van der Waals surface area contributed by atoms with Gasteiger partial charge in [0.2, 0.25) is 0 Å². The molecule has 0 amide bonds. The average Bonchev–Trinajstić information content (AvgIpc) is 2.45. The van der Waals surface area contributed by atoms with E-state index in [0.29, 0.717) is 5.56 Å². The fourth-order valence-corrected chi connectivity index (χ4v) is 2.15. The number of hydrogen-bond acceptors (Lipinski definition) is 3. The fraction of sp³-hybridized carbons (Fsp3) is 0.222. The van der Waals surface area contributed by atoms with Crippen molar-refractivity contribution in [3.63, 3.8) is 0 Å². The Bertz CT molecular complexity index is 760. The highest BCUT2D eigenvalue weighted by atomic mass is 19.1. The van der Waals surface area contributed by atoms with Crippen LogP contribution in [-0.4, -0.2) is 22.6 Å². The Morgan fingerprint density at radius 3 is 2.26 bits per heavy atom. The van der Waals surface area contributed by atoms with Gasteiger partial charge in [0.15, 0.2) is 0 Å². The monoisotopic (exact) mass is 316 g/mol. The minimum atomic E-state index is -1.20. The van der Waals surface area contributed by atoms with Gasteiger partial charge in [-0.3, -0.25) is 0 Å². The minimum Gasteiger partial charge on any atom is -0.478 e. The number of rotatable bonds is 3. The first-order valence-corrected chi connectivity index (χ1v) is 7.04. The second-order valence-corrected chi connectivity index (χ2v) is 6.04. The molecule has 2 aromatic rings. The maximum atomic E-state index is 13.6. The molecule has 0 atom stereocenters.